The Bertz CT molecular complexity index is 1640. The zero-order chi connectivity index (χ0) is 26.6. The number of aromatic nitrogens is 3. The van der Waals surface area contributed by atoms with Crippen LogP contribution in [0.4, 0.5) is 23.7 Å². The number of fused-ring (bicyclic) bond motifs is 1. The summed E-state index contributed by atoms with van der Waals surface area (Å²) >= 11 is 0. The summed E-state index contributed by atoms with van der Waals surface area (Å²) in [5.74, 6) is 0.780. The van der Waals surface area contributed by atoms with Crippen molar-refractivity contribution in [2.75, 3.05) is 5.32 Å². The number of allylic oxidation sites excluding steroid dienone is 6. The largest absolute Gasteiger partial charge is 0.454 e. The van der Waals surface area contributed by atoms with Crippen molar-refractivity contribution in [3.63, 3.8) is 0 Å². The highest BCUT2D eigenvalue weighted by Crippen LogP contribution is 2.29. The molecule has 0 aliphatic heterocycles. The lowest BCUT2D eigenvalue weighted by atomic mass is 10.1. The summed E-state index contributed by atoms with van der Waals surface area (Å²) in [5.41, 5.74) is -0.168. The Balaban J connectivity index is 1.64. The van der Waals surface area contributed by atoms with Crippen LogP contribution in [-0.4, -0.2) is 27.2 Å². The van der Waals surface area contributed by atoms with Crippen LogP contribution in [0.5, 0.6) is 11.5 Å². The van der Waals surface area contributed by atoms with E-state index in [9.17, 15) is 22.8 Å². The minimum Gasteiger partial charge on any atom is -0.454 e. The molecular weight excluding hydrogens is 487 g/mol. The summed E-state index contributed by atoms with van der Waals surface area (Å²) in [6.07, 6.45) is 6.84. The Morgan fingerprint density at radius 2 is 1.97 bits per heavy atom. The van der Waals surface area contributed by atoms with E-state index in [1.165, 1.54) is 24.4 Å². The molecule has 1 aromatic carbocycles. The number of nitrogens with one attached hydrogen (secondary N) is 4. The Hall–Kier alpha value is -4.80. The normalized spacial score (nSPS) is 14.7. The van der Waals surface area contributed by atoms with Crippen molar-refractivity contribution in [3.8, 4) is 11.5 Å². The van der Waals surface area contributed by atoms with E-state index in [-0.39, 0.29) is 12.1 Å². The van der Waals surface area contributed by atoms with Gasteiger partial charge in [0.05, 0.1) is 11.3 Å². The molecule has 1 aliphatic rings. The number of carbonyl (C=O) groups excluding carboxylic acids is 1. The molecule has 37 heavy (non-hydrogen) atoms. The highest BCUT2D eigenvalue weighted by Gasteiger charge is 2.32. The average molecular weight is 509 g/mol. The van der Waals surface area contributed by atoms with Crippen LogP contribution in [-0.2, 0) is 0 Å². The van der Waals surface area contributed by atoms with Crippen LogP contribution in [0.25, 0.3) is 23.3 Å². The van der Waals surface area contributed by atoms with E-state index in [1.807, 2.05) is 0 Å². The van der Waals surface area contributed by atoms with Gasteiger partial charge >= 0.3 is 17.9 Å². The zero-order valence-corrected chi connectivity index (χ0v) is 19.6. The van der Waals surface area contributed by atoms with Gasteiger partial charge in [0, 0.05) is 28.4 Å². The smallest absolute Gasteiger partial charge is 0.416 e. The molecule has 0 radical (unpaired) electrons. The van der Waals surface area contributed by atoms with Crippen LogP contribution >= 0.6 is 0 Å². The number of rotatable bonds is 5. The van der Waals surface area contributed by atoms with Gasteiger partial charge in [-0.1, -0.05) is 43.0 Å². The molecule has 11 heteroatoms. The molecule has 0 unspecified atom stereocenters. The second-order valence-corrected chi connectivity index (χ2v) is 7.82. The van der Waals surface area contributed by atoms with Gasteiger partial charge < -0.3 is 20.4 Å². The van der Waals surface area contributed by atoms with Crippen LogP contribution in [0.2, 0.25) is 0 Å². The van der Waals surface area contributed by atoms with Gasteiger partial charge in [-0.25, -0.2) is 14.6 Å². The first-order valence-corrected chi connectivity index (χ1v) is 11.1. The van der Waals surface area contributed by atoms with Gasteiger partial charge in [-0.3, -0.25) is 4.98 Å². The molecule has 2 aromatic heterocycles. The summed E-state index contributed by atoms with van der Waals surface area (Å²) in [5, 5.41) is 6.30. The lowest BCUT2D eigenvalue weighted by molar-refractivity contribution is -0.0882. The SMILES string of the molecule is C=C/C=c1/c(NC(=O)NC2=CCC=CC(C(F)(F)F)=C2)ccc(Oc2ccnc3[nH]c(=O)[nH]c23)/c1=C/C. The van der Waals surface area contributed by atoms with Gasteiger partial charge in [-0.15, -0.1) is 0 Å². The number of halogens is 3. The molecule has 0 fully saturated rings. The molecular formula is C26H22F3N5O3. The third kappa shape index (κ3) is 5.72. The van der Waals surface area contributed by atoms with Crippen LogP contribution < -0.4 is 31.5 Å². The Morgan fingerprint density at radius 1 is 1.16 bits per heavy atom. The summed E-state index contributed by atoms with van der Waals surface area (Å²) < 4.78 is 45.5. The van der Waals surface area contributed by atoms with Crippen molar-refractivity contribution in [3.05, 3.63) is 93.5 Å². The molecule has 4 N–H and O–H groups in total. The number of imidazole rings is 1. The average Bonchev–Trinajstić information content (AvgIpc) is 3.06. The summed E-state index contributed by atoms with van der Waals surface area (Å²) in [4.78, 5) is 33.7. The van der Waals surface area contributed by atoms with Gasteiger partial charge in [-0.2, -0.15) is 13.2 Å². The van der Waals surface area contributed by atoms with E-state index < -0.39 is 23.5 Å². The highest BCUT2D eigenvalue weighted by molar-refractivity contribution is 5.91. The number of hydrogen-bond acceptors (Lipinski definition) is 4. The van der Waals surface area contributed by atoms with Crippen LogP contribution in [0.1, 0.15) is 13.3 Å². The van der Waals surface area contributed by atoms with Gasteiger partial charge in [0.15, 0.2) is 11.4 Å². The number of ether oxygens (including phenoxy) is 1. The fourth-order valence-electron chi connectivity index (χ4n) is 3.74. The van der Waals surface area contributed by atoms with Crippen molar-refractivity contribution in [2.24, 2.45) is 0 Å². The summed E-state index contributed by atoms with van der Waals surface area (Å²) in [6, 6.07) is 4.09. The topological polar surface area (TPSA) is 112 Å². The Kier molecular flexibility index (Phi) is 7.14. The van der Waals surface area contributed by atoms with Gasteiger partial charge in [-0.05, 0) is 31.6 Å². The highest BCUT2D eigenvalue weighted by atomic mass is 19.4. The maximum atomic E-state index is 13.2. The number of anilines is 1. The van der Waals surface area contributed by atoms with Crippen molar-refractivity contribution < 1.29 is 22.7 Å². The van der Waals surface area contributed by atoms with E-state index >= 15 is 0 Å². The van der Waals surface area contributed by atoms with Gasteiger partial charge in [0.2, 0.25) is 0 Å². The van der Waals surface area contributed by atoms with Crippen LogP contribution in [0.15, 0.2) is 77.4 Å². The minimum absolute atomic E-state index is 0.0218. The number of benzene rings is 1. The molecule has 8 nitrogen and oxygen atoms in total. The number of hydrogen-bond donors (Lipinski definition) is 4. The molecule has 0 atom stereocenters. The van der Waals surface area contributed by atoms with Gasteiger partial charge in [0.1, 0.15) is 11.3 Å². The molecule has 190 valence electrons. The van der Waals surface area contributed by atoms with E-state index in [0.29, 0.717) is 38.8 Å². The second-order valence-electron chi connectivity index (χ2n) is 7.82. The van der Waals surface area contributed by atoms with E-state index in [1.54, 1.807) is 37.3 Å². The number of pyridine rings is 1. The molecule has 2 amide bonds. The fraction of sp³-hybridized carbons (Fsp3) is 0.115. The van der Waals surface area contributed by atoms with E-state index in [4.69, 9.17) is 4.74 Å². The number of alkyl halides is 3. The predicted molar refractivity (Wildman–Crippen MR) is 135 cm³/mol. The maximum absolute atomic E-state index is 13.2. The van der Waals surface area contributed by atoms with E-state index in [0.717, 1.165) is 12.2 Å². The number of aromatic amines is 2. The number of H-pyrrole nitrogens is 2. The zero-order valence-electron chi connectivity index (χ0n) is 19.6. The molecule has 2 heterocycles. The third-order valence-corrected chi connectivity index (χ3v) is 5.34. The first-order valence-electron chi connectivity index (χ1n) is 11.1. The van der Waals surface area contributed by atoms with Crippen molar-refractivity contribution >= 4 is 35.0 Å². The minimum atomic E-state index is -4.54. The number of urea groups is 1. The van der Waals surface area contributed by atoms with Crippen molar-refractivity contribution in [1.29, 1.82) is 0 Å². The molecule has 0 saturated carbocycles. The first kappa shape index (κ1) is 25.3. The van der Waals surface area contributed by atoms with Crippen LogP contribution in [0.3, 0.4) is 0 Å². The molecule has 1 aliphatic carbocycles. The van der Waals surface area contributed by atoms with E-state index in [2.05, 4.69) is 32.2 Å². The molecule has 4 rings (SSSR count). The second kappa shape index (κ2) is 10.4. The van der Waals surface area contributed by atoms with Crippen molar-refractivity contribution in [1.82, 2.24) is 20.3 Å². The Morgan fingerprint density at radius 3 is 2.70 bits per heavy atom. The lowest BCUT2D eigenvalue weighted by Gasteiger charge is -2.13. The standard InChI is InChI=1S/C26H22F3N5O3/c1-3-7-18-17(4-2)20(37-21-12-13-30-23-22(21)33-25(36)34-23)11-10-19(18)32-24(35)31-16-9-6-5-8-15(14-16)26(27,28)29/h3-5,7-14H,1,6H2,2H3,(H2,31,32,35)(H2,30,33,34,36)/b17-4+,18-7+. The summed E-state index contributed by atoms with van der Waals surface area (Å²) in [7, 11) is 0. The van der Waals surface area contributed by atoms with Gasteiger partial charge in [0.25, 0.3) is 0 Å². The van der Waals surface area contributed by atoms with Crippen molar-refractivity contribution in [2.45, 2.75) is 19.5 Å². The molecule has 0 bridgehead atoms. The monoisotopic (exact) mass is 509 g/mol. The third-order valence-electron chi connectivity index (χ3n) is 5.34. The fourth-order valence-corrected chi connectivity index (χ4v) is 3.74. The quantitative estimate of drug-likeness (QED) is 0.412. The first-order chi connectivity index (χ1) is 17.7. The predicted octanol–water partition coefficient (Wildman–Crippen LogP) is 4.26. The molecule has 0 spiro atoms. The maximum Gasteiger partial charge on any atom is 0.416 e. The number of amides is 2. The number of nitrogens with zero attached hydrogens (tertiary/aromatic N) is 1. The van der Waals surface area contributed by atoms with Crippen LogP contribution in [0, 0.1) is 0 Å². The number of carbonyl (C=O) groups is 1. The molecule has 3 aromatic rings. The Labute approximate surface area is 208 Å². The summed E-state index contributed by atoms with van der Waals surface area (Å²) in [6.45, 7) is 5.50. The lowest BCUT2D eigenvalue weighted by Crippen LogP contribution is -2.34. The molecule has 0 saturated heterocycles.